The zero-order valence-corrected chi connectivity index (χ0v) is 12.9. The van der Waals surface area contributed by atoms with E-state index in [9.17, 15) is 0 Å². The molecule has 0 aliphatic carbocycles. The van der Waals surface area contributed by atoms with E-state index >= 15 is 0 Å². The number of halogens is 1. The Balaban J connectivity index is 1.70. The van der Waals surface area contributed by atoms with Crippen molar-refractivity contribution in [1.29, 1.82) is 0 Å². The summed E-state index contributed by atoms with van der Waals surface area (Å²) in [5, 5.41) is 4.30. The largest absolute Gasteiger partial charge is 0.301 e. The Kier molecular flexibility index (Phi) is 5.21. The van der Waals surface area contributed by atoms with Crippen LogP contribution in [0.1, 0.15) is 20.3 Å². The Hall–Kier alpha value is -0.390. The van der Waals surface area contributed by atoms with Crippen LogP contribution in [0.2, 0.25) is 0 Å². The third kappa shape index (κ3) is 4.37. The van der Waals surface area contributed by atoms with E-state index in [1.165, 1.54) is 26.1 Å². The predicted octanol–water partition coefficient (Wildman–Crippen LogP) is 2.27. The molecule has 4 nitrogen and oxygen atoms in total. The van der Waals surface area contributed by atoms with Crippen molar-refractivity contribution in [3.05, 3.63) is 16.9 Å². The van der Waals surface area contributed by atoms with Crippen LogP contribution in [0.3, 0.4) is 0 Å². The van der Waals surface area contributed by atoms with Crippen LogP contribution < -0.4 is 0 Å². The van der Waals surface area contributed by atoms with Crippen LogP contribution in [0.25, 0.3) is 0 Å². The first-order chi connectivity index (χ1) is 8.63. The van der Waals surface area contributed by atoms with Gasteiger partial charge in [0.05, 0.1) is 17.3 Å². The van der Waals surface area contributed by atoms with Crippen LogP contribution in [0, 0.1) is 5.92 Å². The minimum Gasteiger partial charge on any atom is -0.301 e. The summed E-state index contributed by atoms with van der Waals surface area (Å²) < 4.78 is 3.05. The van der Waals surface area contributed by atoms with Crippen LogP contribution in [0.5, 0.6) is 0 Å². The molecule has 1 fully saturated rings. The van der Waals surface area contributed by atoms with Crippen molar-refractivity contribution in [1.82, 2.24) is 19.6 Å². The molecule has 5 heteroatoms. The lowest BCUT2D eigenvalue weighted by molar-refractivity contribution is 0.100. The molecule has 0 bridgehead atoms. The molecule has 18 heavy (non-hydrogen) atoms. The molecule has 0 spiro atoms. The molecule has 0 atom stereocenters. The molecule has 1 aliphatic heterocycles. The molecule has 1 aromatic rings. The van der Waals surface area contributed by atoms with Gasteiger partial charge in [0.2, 0.25) is 0 Å². The van der Waals surface area contributed by atoms with Gasteiger partial charge in [-0.1, -0.05) is 13.8 Å². The first kappa shape index (κ1) is 14.0. The van der Waals surface area contributed by atoms with Crippen LogP contribution in [0.4, 0.5) is 0 Å². The summed E-state index contributed by atoms with van der Waals surface area (Å²) >= 11 is 3.43. The molecule has 0 amide bonds. The fraction of sp³-hybridized carbons (Fsp3) is 0.769. The second-order valence-corrected chi connectivity index (χ2v) is 6.40. The standard InChI is InChI=1S/C13H23BrN4/c1-12(2)3-4-16-5-7-17(8-6-16)11-18-10-13(14)9-15-18/h9-10,12H,3-8,11H2,1-2H3. The summed E-state index contributed by atoms with van der Waals surface area (Å²) in [6, 6.07) is 0. The Labute approximate surface area is 118 Å². The van der Waals surface area contributed by atoms with Gasteiger partial charge in [-0.15, -0.1) is 0 Å². The monoisotopic (exact) mass is 314 g/mol. The van der Waals surface area contributed by atoms with Crippen LogP contribution in [-0.4, -0.2) is 52.3 Å². The molecular formula is C13H23BrN4. The number of piperazine rings is 1. The lowest BCUT2D eigenvalue weighted by atomic mass is 10.1. The first-order valence-electron chi connectivity index (χ1n) is 6.76. The van der Waals surface area contributed by atoms with Crippen LogP contribution >= 0.6 is 15.9 Å². The summed E-state index contributed by atoms with van der Waals surface area (Å²) in [5.74, 6) is 0.810. The van der Waals surface area contributed by atoms with Crippen molar-refractivity contribution in [2.24, 2.45) is 5.92 Å². The van der Waals surface area contributed by atoms with E-state index in [4.69, 9.17) is 0 Å². The van der Waals surface area contributed by atoms with Gasteiger partial charge in [-0.25, -0.2) is 0 Å². The summed E-state index contributed by atoms with van der Waals surface area (Å²) in [6.07, 6.45) is 5.19. The van der Waals surface area contributed by atoms with E-state index in [0.29, 0.717) is 0 Å². The third-order valence-corrected chi connectivity index (χ3v) is 3.84. The summed E-state index contributed by atoms with van der Waals surface area (Å²) in [6.45, 7) is 11.4. The summed E-state index contributed by atoms with van der Waals surface area (Å²) in [7, 11) is 0. The van der Waals surface area contributed by atoms with E-state index < -0.39 is 0 Å². The second kappa shape index (κ2) is 6.68. The zero-order valence-electron chi connectivity index (χ0n) is 11.3. The normalized spacial score (nSPS) is 18.7. The first-order valence-corrected chi connectivity index (χ1v) is 7.55. The van der Waals surface area contributed by atoms with Crippen molar-refractivity contribution < 1.29 is 0 Å². The highest BCUT2D eigenvalue weighted by Crippen LogP contribution is 2.09. The highest BCUT2D eigenvalue weighted by atomic mass is 79.9. The maximum absolute atomic E-state index is 4.30. The Bertz CT molecular complexity index is 356. The number of hydrogen-bond acceptors (Lipinski definition) is 3. The van der Waals surface area contributed by atoms with Gasteiger partial charge in [-0.05, 0) is 34.8 Å². The maximum atomic E-state index is 4.30. The summed E-state index contributed by atoms with van der Waals surface area (Å²) in [4.78, 5) is 5.04. The zero-order chi connectivity index (χ0) is 13.0. The number of hydrogen-bond donors (Lipinski definition) is 0. The fourth-order valence-corrected chi connectivity index (χ4v) is 2.54. The molecule has 2 heterocycles. The third-order valence-electron chi connectivity index (χ3n) is 3.43. The molecule has 2 rings (SSSR count). The van der Waals surface area contributed by atoms with Crippen LogP contribution in [-0.2, 0) is 6.67 Å². The van der Waals surface area contributed by atoms with E-state index in [1.807, 2.05) is 17.1 Å². The van der Waals surface area contributed by atoms with Gasteiger partial charge in [0.1, 0.15) is 0 Å². The minimum absolute atomic E-state index is 0.810. The van der Waals surface area contributed by atoms with Crippen LogP contribution in [0.15, 0.2) is 16.9 Å². The number of rotatable bonds is 5. The molecule has 0 radical (unpaired) electrons. The van der Waals surface area contributed by atoms with Gasteiger partial charge < -0.3 is 4.90 Å². The van der Waals surface area contributed by atoms with Crippen molar-refractivity contribution in [2.75, 3.05) is 32.7 Å². The molecular weight excluding hydrogens is 292 g/mol. The Morgan fingerprint density at radius 2 is 1.89 bits per heavy atom. The Morgan fingerprint density at radius 3 is 2.44 bits per heavy atom. The molecule has 102 valence electrons. The van der Waals surface area contributed by atoms with Crippen molar-refractivity contribution in [2.45, 2.75) is 26.9 Å². The molecule has 0 unspecified atom stereocenters. The number of aromatic nitrogens is 2. The molecule has 0 aromatic carbocycles. The lowest BCUT2D eigenvalue weighted by Gasteiger charge is -2.34. The number of nitrogens with zero attached hydrogens (tertiary/aromatic N) is 4. The molecule has 0 N–H and O–H groups in total. The molecule has 1 aromatic heterocycles. The van der Waals surface area contributed by atoms with Gasteiger partial charge in [-0.3, -0.25) is 9.58 Å². The quantitative estimate of drug-likeness (QED) is 0.833. The van der Waals surface area contributed by atoms with E-state index in [0.717, 1.165) is 30.1 Å². The molecule has 0 saturated carbocycles. The molecule has 1 aliphatic rings. The predicted molar refractivity (Wildman–Crippen MR) is 77.4 cm³/mol. The van der Waals surface area contributed by atoms with Gasteiger partial charge in [-0.2, -0.15) is 5.10 Å². The van der Waals surface area contributed by atoms with Crippen molar-refractivity contribution in [3.63, 3.8) is 0 Å². The van der Waals surface area contributed by atoms with Crippen molar-refractivity contribution >= 4 is 15.9 Å². The van der Waals surface area contributed by atoms with E-state index in [-0.39, 0.29) is 0 Å². The maximum Gasteiger partial charge on any atom is 0.0930 e. The average molecular weight is 315 g/mol. The molecule has 1 saturated heterocycles. The minimum atomic E-state index is 0.810. The topological polar surface area (TPSA) is 24.3 Å². The second-order valence-electron chi connectivity index (χ2n) is 5.48. The Morgan fingerprint density at radius 1 is 1.22 bits per heavy atom. The SMILES string of the molecule is CC(C)CCN1CCN(Cn2cc(Br)cn2)CC1. The average Bonchev–Trinajstić information content (AvgIpc) is 2.74. The van der Waals surface area contributed by atoms with Gasteiger partial charge >= 0.3 is 0 Å². The van der Waals surface area contributed by atoms with Crippen molar-refractivity contribution in [3.8, 4) is 0 Å². The van der Waals surface area contributed by atoms with E-state index in [1.54, 1.807) is 0 Å². The lowest BCUT2D eigenvalue weighted by Crippen LogP contribution is -2.47. The highest BCUT2D eigenvalue weighted by Gasteiger charge is 2.16. The smallest absolute Gasteiger partial charge is 0.0930 e. The fourth-order valence-electron chi connectivity index (χ4n) is 2.22. The van der Waals surface area contributed by atoms with Gasteiger partial charge in [0.25, 0.3) is 0 Å². The summed E-state index contributed by atoms with van der Waals surface area (Å²) in [5.41, 5.74) is 0. The highest BCUT2D eigenvalue weighted by molar-refractivity contribution is 9.10. The van der Waals surface area contributed by atoms with E-state index in [2.05, 4.69) is 44.7 Å². The van der Waals surface area contributed by atoms with Gasteiger partial charge in [0, 0.05) is 32.4 Å². The van der Waals surface area contributed by atoms with Gasteiger partial charge in [0.15, 0.2) is 0 Å².